The number of hydrogen-bond donors (Lipinski definition) is 2. The Morgan fingerprint density at radius 2 is 2.16 bits per heavy atom. The van der Waals surface area contributed by atoms with Gasteiger partial charge in [-0.15, -0.1) is 10.2 Å². The molecule has 0 atom stereocenters. The van der Waals surface area contributed by atoms with E-state index in [2.05, 4.69) is 20.8 Å². The van der Waals surface area contributed by atoms with Crippen LogP contribution in [0.4, 0.5) is 10.8 Å². The van der Waals surface area contributed by atoms with Crippen molar-refractivity contribution in [3.8, 4) is 0 Å². The summed E-state index contributed by atoms with van der Waals surface area (Å²) in [6.45, 7) is 2.66. The molecule has 0 spiro atoms. The minimum atomic E-state index is -0.370. The second-order valence-corrected chi connectivity index (χ2v) is 5.26. The number of rotatable bonds is 4. The summed E-state index contributed by atoms with van der Waals surface area (Å²) in [5.41, 5.74) is 0.444. The molecule has 0 radical (unpaired) electrons. The van der Waals surface area contributed by atoms with Gasteiger partial charge in [-0.25, -0.2) is 0 Å². The van der Waals surface area contributed by atoms with Gasteiger partial charge in [0.25, 0.3) is 5.91 Å². The highest BCUT2D eigenvalue weighted by Gasteiger charge is 2.14. The van der Waals surface area contributed by atoms with Crippen LogP contribution in [0.2, 0.25) is 10.0 Å². The molecule has 0 aliphatic carbocycles. The zero-order valence-electron chi connectivity index (χ0n) is 9.91. The average Bonchev–Trinajstić information content (AvgIpc) is 2.84. The number of nitrogens with one attached hydrogen (secondary N) is 2. The molecule has 8 heteroatoms. The number of carbonyl (C=O) groups excluding carboxylic acids is 1. The van der Waals surface area contributed by atoms with Crippen molar-refractivity contribution < 1.29 is 4.79 Å². The van der Waals surface area contributed by atoms with E-state index in [0.29, 0.717) is 20.9 Å². The van der Waals surface area contributed by atoms with Crippen LogP contribution in [0.1, 0.15) is 16.7 Å². The van der Waals surface area contributed by atoms with Crippen molar-refractivity contribution in [3.63, 3.8) is 0 Å². The fourth-order valence-electron chi connectivity index (χ4n) is 1.31. The summed E-state index contributed by atoms with van der Waals surface area (Å²) >= 11 is 13.0. The largest absolute Gasteiger partial charge is 0.360 e. The van der Waals surface area contributed by atoms with Gasteiger partial charge in [-0.05, 0) is 19.1 Å². The van der Waals surface area contributed by atoms with Gasteiger partial charge in [0, 0.05) is 6.54 Å². The normalized spacial score (nSPS) is 10.3. The lowest BCUT2D eigenvalue weighted by Crippen LogP contribution is -2.11. The molecule has 19 heavy (non-hydrogen) atoms. The molecule has 5 nitrogen and oxygen atoms in total. The van der Waals surface area contributed by atoms with Gasteiger partial charge in [-0.3, -0.25) is 4.79 Å². The molecular weight excluding hydrogens is 307 g/mol. The highest BCUT2D eigenvalue weighted by atomic mass is 35.5. The molecule has 0 fully saturated rings. The standard InChI is InChI=1S/C11H10Cl2N4OS/c1-2-14-11-17-16-10(19-11)9(18)15-7-5-3-4-6(12)8(7)13/h3-5H,2H2,1H3,(H,14,17)(H,15,18). The van der Waals surface area contributed by atoms with Crippen LogP contribution in [0.25, 0.3) is 0 Å². The van der Waals surface area contributed by atoms with Crippen LogP contribution in [0.3, 0.4) is 0 Å². The Kier molecular flexibility index (Phi) is 4.57. The zero-order valence-corrected chi connectivity index (χ0v) is 12.2. The maximum Gasteiger partial charge on any atom is 0.286 e. The first kappa shape index (κ1) is 14.0. The van der Waals surface area contributed by atoms with E-state index in [1.54, 1.807) is 18.2 Å². The van der Waals surface area contributed by atoms with Crippen molar-refractivity contribution in [1.29, 1.82) is 0 Å². The van der Waals surface area contributed by atoms with Crippen LogP contribution < -0.4 is 10.6 Å². The van der Waals surface area contributed by atoms with Crippen LogP contribution in [-0.2, 0) is 0 Å². The predicted octanol–water partition coefficient (Wildman–Crippen LogP) is 3.53. The molecule has 1 heterocycles. The summed E-state index contributed by atoms with van der Waals surface area (Å²) in [4.78, 5) is 12.0. The van der Waals surface area contributed by atoms with E-state index >= 15 is 0 Å². The van der Waals surface area contributed by atoms with Gasteiger partial charge in [0.05, 0.1) is 15.7 Å². The molecule has 0 aliphatic heterocycles. The average molecular weight is 317 g/mol. The van der Waals surface area contributed by atoms with Gasteiger partial charge in [-0.1, -0.05) is 40.6 Å². The fourth-order valence-corrected chi connectivity index (χ4v) is 2.37. The van der Waals surface area contributed by atoms with E-state index in [1.807, 2.05) is 6.92 Å². The number of hydrogen-bond acceptors (Lipinski definition) is 5. The van der Waals surface area contributed by atoms with Crippen molar-refractivity contribution in [2.24, 2.45) is 0 Å². The van der Waals surface area contributed by atoms with Crippen LogP contribution in [0.5, 0.6) is 0 Å². The summed E-state index contributed by atoms with van der Waals surface area (Å²) < 4.78 is 0. The monoisotopic (exact) mass is 316 g/mol. The highest BCUT2D eigenvalue weighted by Crippen LogP contribution is 2.30. The second-order valence-electron chi connectivity index (χ2n) is 3.50. The molecule has 2 rings (SSSR count). The van der Waals surface area contributed by atoms with E-state index in [-0.39, 0.29) is 10.9 Å². The Morgan fingerprint density at radius 1 is 1.37 bits per heavy atom. The molecule has 0 saturated heterocycles. The van der Waals surface area contributed by atoms with Gasteiger partial charge < -0.3 is 10.6 Å². The number of benzene rings is 1. The van der Waals surface area contributed by atoms with Crippen LogP contribution in [-0.4, -0.2) is 22.6 Å². The number of halogens is 2. The summed E-state index contributed by atoms with van der Waals surface area (Å²) in [5.74, 6) is -0.370. The molecule has 0 unspecified atom stereocenters. The Bertz CT molecular complexity index is 602. The number of aromatic nitrogens is 2. The zero-order chi connectivity index (χ0) is 13.8. The lowest BCUT2D eigenvalue weighted by molar-refractivity contribution is 0.102. The number of carbonyl (C=O) groups is 1. The SMILES string of the molecule is CCNc1nnc(C(=O)Nc2cccc(Cl)c2Cl)s1. The molecule has 1 aromatic heterocycles. The van der Waals surface area contributed by atoms with Crippen molar-refractivity contribution in [1.82, 2.24) is 10.2 Å². The lowest BCUT2D eigenvalue weighted by atomic mass is 10.3. The van der Waals surface area contributed by atoms with Gasteiger partial charge >= 0.3 is 0 Å². The molecule has 0 aliphatic rings. The first-order valence-electron chi connectivity index (χ1n) is 5.44. The van der Waals surface area contributed by atoms with Crippen LogP contribution in [0, 0.1) is 0 Å². The van der Waals surface area contributed by atoms with E-state index < -0.39 is 0 Å². The molecular formula is C11H10Cl2N4OS. The van der Waals surface area contributed by atoms with Crippen LogP contribution >= 0.6 is 34.5 Å². The number of nitrogens with zero attached hydrogens (tertiary/aromatic N) is 2. The molecule has 2 N–H and O–H groups in total. The van der Waals surface area contributed by atoms with Crippen molar-refractivity contribution in [2.75, 3.05) is 17.2 Å². The molecule has 2 aromatic rings. The van der Waals surface area contributed by atoms with Gasteiger partial charge in [0.1, 0.15) is 0 Å². The minimum absolute atomic E-state index is 0.256. The summed E-state index contributed by atoms with van der Waals surface area (Å²) in [6, 6.07) is 5.01. The van der Waals surface area contributed by atoms with E-state index in [4.69, 9.17) is 23.2 Å². The van der Waals surface area contributed by atoms with E-state index in [9.17, 15) is 4.79 Å². The predicted molar refractivity (Wildman–Crippen MR) is 78.5 cm³/mol. The molecule has 1 amide bonds. The summed E-state index contributed by atoms with van der Waals surface area (Å²) in [6.07, 6.45) is 0. The quantitative estimate of drug-likeness (QED) is 0.905. The number of amides is 1. The minimum Gasteiger partial charge on any atom is -0.360 e. The summed E-state index contributed by atoms with van der Waals surface area (Å²) in [7, 11) is 0. The second kappa shape index (κ2) is 6.18. The highest BCUT2D eigenvalue weighted by molar-refractivity contribution is 7.17. The maximum atomic E-state index is 12.0. The summed E-state index contributed by atoms with van der Waals surface area (Å²) in [5, 5.41) is 14.8. The van der Waals surface area contributed by atoms with E-state index in [1.165, 1.54) is 11.3 Å². The Morgan fingerprint density at radius 3 is 2.89 bits per heavy atom. The van der Waals surface area contributed by atoms with Gasteiger partial charge in [0.2, 0.25) is 10.1 Å². The Hall–Kier alpha value is -1.37. The Labute approximate surface area is 123 Å². The van der Waals surface area contributed by atoms with Crippen molar-refractivity contribution in [3.05, 3.63) is 33.3 Å². The van der Waals surface area contributed by atoms with Crippen LogP contribution in [0.15, 0.2) is 18.2 Å². The Balaban J connectivity index is 2.14. The molecule has 0 saturated carbocycles. The lowest BCUT2D eigenvalue weighted by Gasteiger charge is -2.05. The maximum absolute atomic E-state index is 12.0. The van der Waals surface area contributed by atoms with Gasteiger partial charge in [-0.2, -0.15) is 0 Å². The first-order chi connectivity index (χ1) is 9.11. The molecule has 0 bridgehead atoms. The topological polar surface area (TPSA) is 66.9 Å². The number of anilines is 2. The third kappa shape index (κ3) is 3.34. The third-order valence-corrected chi connectivity index (χ3v) is 3.85. The van der Waals surface area contributed by atoms with Crippen molar-refractivity contribution >= 4 is 51.3 Å². The van der Waals surface area contributed by atoms with E-state index in [0.717, 1.165) is 6.54 Å². The fraction of sp³-hybridized carbons (Fsp3) is 0.182. The smallest absolute Gasteiger partial charge is 0.286 e. The van der Waals surface area contributed by atoms with Crippen molar-refractivity contribution in [2.45, 2.75) is 6.92 Å². The third-order valence-electron chi connectivity index (χ3n) is 2.15. The molecule has 1 aromatic carbocycles. The van der Waals surface area contributed by atoms with Gasteiger partial charge in [0.15, 0.2) is 0 Å². The first-order valence-corrected chi connectivity index (χ1v) is 7.01. The molecule has 100 valence electrons.